The second-order valence-corrected chi connectivity index (χ2v) is 7.42. The maximum absolute atomic E-state index is 12.7. The van der Waals surface area contributed by atoms with Gasteiger partial charge in [-0.15, -0.1) is 0 Å². The molecule has 0 aliphatic carbocycles. The molecule has 0 radical (unpaired) electrons. The van der Waals surface area contributed by atoms with E-state index in [0.717, 1.165) is 0 Å². The third-order valence-electron chi connectivity index (χ3n) is 3.38. The minimum Gasteiger partial charge on any atom is -0.495 e. The van der Waals surface area contributed by atoms with Crippen molar-refractivity contribution in [3.8, 4) is 11.8 Å². The number of piperidine rings is 1. The molecule has 1 aliphatic heterocycles. The first-order chi connectivity index (χ1) is 9.48. The van der Waals surface area contributed by atoms with Crippen molar-refractivity contribution >= 4 is 26.0 Å². The molecule has 1 aromatic carbocycles. The number of rotatable bonds is 3. The molecule has 0 N–H and O–H groups in total. The van der Waals surface area contributed by atoms with Gasteiger partial charge in [0.15, 0.2) is 0 Å². The summed E-state index contributed by atoms with van der Waals surface area (Å²) in [5, 5.41) is 8.87. The van der Waals surface area contributed by atoms with E-state index in [4.69, 9.17) is 10.00 Å². The molecular weight excluding hydrogens is 344 g/mol. The summed E-state index contributed by atoms with van der Waals surface area (Å²) in [6, 6.07) is 7.10. The second kappa shape index (κ2) is 6.12. The van der Waals surface area contributed by atoms with Gasteiger partial charge < -0.3 is 4.74 Å². The van der Waals surface area contributed by atoms with Crippen LogP contribution in [0.25, 0.3) is 0 Å². The van der Waals surface area contributed by atoms with Crippen molar-refractivity contribution in [1.82, 2.24) is 4.31 Å². The highest BCUT2D eigenvalue weighted by atomic mass is 79.9. The van der Waals surface area contributed by atoms with E-state index in [0.29, 0.717) is 36.2 Å². The Balaban J connectivity index is 2.32. The minimum absolute atomic E-state index is 0.0501. The molecule has 1 saturated heterocycles. The van der Waals surface area contributed by atoms with Crippen LogP contribution in [0.5, 0.6) is 5.75 Å². The Bertz CT molecular complexity index is 632. The van der Waals surface area contributed by atoms with E-state index in [1.54, 1.807) is 18.2 Å². The zero-order valence-corrected chi connectivity index (χ0v) is 13.4. The van der Waals surface area contributed by atoms with Crippen molar-refractivity contribution < 1.29 is 13.2 Å². The van der Waals surface area contributed by atoms with Crippen LogP contribution in [0.1, 0.15) is 12.8 Å². The number of methoxy groups -OCH3 is 1. The maximum Gasteiger partial charge on any atom is 0.246 e. The van der Waals surface area contributed by atoms with Crippen molar-refractivity contribution in [2.75, 3.05) is 20.2 Å². The molecule has 1 aliphatic rings. The molecule has 0 bridgehead atoms. The summed E-state index contributed by atoms with van der Waals surface area (Å²) in [6.45, 7) is 0.743. The lowest BCUT2D eigenvalue weighted by molar-refractivity contribution is 0.308. The Morgan fingerprint density at radius 2 is 2.05 bits per heavy atom. The van der Waals surface area contributed by atoms with Gasteiger partial charge in [-0.3, -0.25) is 0 Å². The van der Waals surface area contributed by atoms with Crippen LogP contribution < -0.4 is 4.74 Å². The number of sulfonamides is 1. The van der Waals surface area contributed by atoms with E-state index >= 15 is 0 Å². The number of hydrogen-bond donors (Lipinski definition) is 0. The van der Waals surface area contributed by atoms with Crippen LogP contribution in [0.4, 0.5) is 0 Å². The number of nitrogens with zero attached hydrogens (tertiary/aromatic N) is 2. The highest BCUT2D eigenvalue weighted by molar-refractivity contribution is 9.10. The molecule has 20 heavy (non-hydrogen) atoms. The first-order valence-electron chi connectivity index (χ1n) is 6.22. The van der Waals surface area contributed by atoms with Crippen molar-refractivity contribution in [3.05, 3.63) is 22.7 Å². The zero-order valence-electron chi connectivity index (χ0n) is 11.0. The number of ether oxygens (including phenoxy) is 1. The minimum atomic E-state index is -3.59. The Kier molecular flexibility index (Phi) is 4.68. The predicted molar refractivity (Wildman–Crippen MR) is 77.8 cm³/mol. The van der Waals surface area contributed by atoms with Crippen LogP contribution >= 0.6 is 15.9 Å². The molecule has 1 heterocycles. The fraction of sp³-hybridized carbons (Fsp3) is 0.462. The summed E-state index contributed by atoms with van der Waals surface area (Å²) in [5.41, 5.74) is 0. The van der Waals surface area contributed by atoms with Crippen LogP contribution in [-0.4, -0.2) is 32.9 Å². The van der Waals surface area contributed by atoms with E-state index in [9.17, 15) is 8.42 Å². The number of halogens is 1. The molecule has 1 aromatic rings. The SMILES string of the molecule is COc1ccc(Br)cc1S(=O)(=O)N1CCC(C#N)CC1. The van der Waals surface area contributed by atoms with E-state index in [-0.39, 0.29) is 10.8 Å². The van der Waals surface area contributed by atoms with Crippen molar-refractivity contribution in [2.24, 2.45) is 5.92 Å². The Labute approximate surface area is 127 Å². The normalized spacial score (nSPS) is 17.6. The second-order valence-electron chi connectivity index (χ2n) is 4.60. The van der Waals surface area contributed by atoms with Crippen molar-refractivity contribution in [2.45, 2.75) is 17.7 Å². The highest BCUT2D eigenvalue weighted by Gasteiger charge is 2.31. The summed E-state index contributed by atoms with van der Waals surface area (Å²) in [4.78, 5) is 0.157. The maximum atomic E-state index is 12.7. The van der Waals surface area contributed by atoms with E-state index in [1.807, 2.05) is 0 Å². The van der Waals surface area contributed by atoms with Crippen LogP contribution in [0.2, 0.25) is 0 Å². The van der Waals surface area contributed by atoms with Gasteiger partial charge in [0, 0.05) is 23.5 Å². The Hall–Kier alpha value is -1.10. The molecule has 2 rings (SSSR count). The molecule has 7 heteroatoms. The Morgan fingerprint density at radius 1 is 1.40 bits per heavy atom. The van der Waals surface area contributed by atoms with Gasteiger partial charge in [0.05, 0.1) is 13.2 Å². The van der Waals surface area contributed by atoms with Gasteiger partial charge in [0.1, 0.15) is 10.6 Å². The molecule has 0 amide bonds. The van der Waals surface area contributed by atoms with Crippen molar-refractivity contribution in [1.29, 1.82) is 5.26 Å². The third kappa shape index (κ3) is 2.97. The molecule has 0 aromatic heterocycles. The summed E-state index contributed by atoms with van der Waals surface area (Å²) in [5.74, 6) is 0.279. The van der Waals surface area contributed by atoms with Gasteiger partial charge in [-0.2, -0.15) is 9.57 Å². The summed E-state index contributed by atoms with van der Waals surface area (Å²) < 4.78 is 32.6. The van der Waals surface area contributed by atoms with E-state index < -0.39 is 10.0 Å². The highest BCUT2D eigenvalue weighted by Crippen LogP contribution is 2.31. The largest absolute Gasteiger partial charge is 0.495 e. The van der Waals surface area contributed by atoms with Crippen LogP contribution in [0, 0.1) is 17.2 Å². The van der Waals surface area contributed by atoms with Crippen molar-refractivity contribution in [3.63, 3.8) is 0 Å². The van der Waals surface area contributed by atoms with E-state index in [1.165, 1.54) is 11.4 Å². The first kappa shape index (κ1) is 15.3. The molecule has 108 valence electrons. The molecule has 0 atom stereocenters. The molecule has 1 fully saturated rings. The summed E-state index contributed by atoms with van der Waals surface area (Å²) in [6.07, 6.45) is 1.15. The fourth-order valence-electron chi connectivity index (χ4n) is 2.22. The van der Waals surface area contributed by atoms with Crippen LogP contribution in [0.3, 0.4) is 0 Å². The monoisotopic (exact) mass is 358 g/mol. The fourth-order valence-corrected chi connectivity index (χ4v) is 4.38. The smallest absolute Gasteiger partial charge is 0.246 e. The number of hydrogen-bond acceptors (Lipinski definition) is 4. The summed E-state index contributed by atoms with van der Waals surface area (Å²) in [7, 11) is -2.14. The molecule has 0 unspecified atom stereocenters. The molecule has 5 nitrogen and oxygen atoms in total. The van der Waals surface area contributed by atoms with Crippen LogP contribution in [-0.2, 0) is 10.0 Å². The molecule has 0 spiro atoms. The molecule has 0 saturated carbocycles. The van der Waals surface area contributed by atoms with Gasteiger partial charge in [-0.05, 0) is 31.0 Å². The molecular formula is C13H15BrN2O3S. The number of nitriles is 1. The van der Waals surface area contributed by atoms with Gasteiger partial charge in [0.25, 0.3) is 0 Å². The standard InChI is InChI=1S/C13H15BrN2O3S/c1-19-12-3-2-11(14)8-13(12)20(17,18)16-6-4-10(9-15)5-7-16/h2-3,8,10H,4-7H2,1H3. The predicted octanol–water partition coefficient (Wildman–Crippen LogP) is 2.38. The van der Waals surface area contributed by atoms with Crippen LogP contribution in [0.15, 0.2) is 27.6 Å². The third-order valence-corrected chi connectivity index (χ3v) is 5.79. The van der Waals surface area contributed by atoms with Gasteiger partial charge in [-0.25, -0.2) is 8.42 Å². The zero-order chi connectivity index (χ0) is 14.8. The van der Waals surface area contributed by atoms with Gasteiger partial charge in [0.2, 0.25) is 10.0 Å². The van der Waals surface area contributed by atoms with E-state index in [2.05, 4.69) is 22.0 Å². The quantitative estimate of drug-likeness (QED) is 0.831. The summed E-state index contributed by atoms with van der Waals surface area (Å²) >= 11 is 3.28. The van der Waals surface area contributed by atoms with Gasteiger partial charge in [-0.1, -0.05) is 15.9 Å². The average Bonchev–Trinajstić information content (AvgIpc) is 2.47. The van der Waals surface area contributed by atoms with Gasteiger partial charge >= 0.3 is 0 Å². The lowest BCUT2D eigenvalue weighted by Crippen LogP contribution is -2.38. The first-order valence-corrected chi connectivity index (χ1v) is 8.45. The average molecular weight is 359 g/mol. The topological polar surface area (TPSA) is 70.4 Å². The lowest BCUT2D eigenvalue weighted by atomic mass is 10.0. The number of benzene rings is 1. The lowest BCUT2D eigenvalue weighted by Gasteiger charge is -2.28. The Morgan fingerprint density at radius 3 is 2.60 bits per heavy atom.